The molecule has 2 aromatic carbocycles. The van der Waals surface area contributed by atoms with Crippen LogP contribution in [0.5, 0.6) is 0 Å². The van der Waals surface area contributed by atoms with E-state index in [1.54, 1.807) is 0 Å². The fourth-order valence-corrected chi connectivity index (χ4v) is 3.53. The van der Waals surface area contributed by atoms with Crippen molar-refractivity contribution in [2.45, 2.75) is 40.2 Å². The zero-order chi connectivity index (χ0) is 19.9. The van der Waals surface area contributed by atoms with Crippen LogP contribution in [-0.4, -0.2) is 21.7 Å². The SMILES string of the molecule is Cc1[nH]nc2[n+]1-c1ccccc1C(c1ccccc1)=N[C@H]2CC(=O)C(C)(C)C. The number of aliphatic imine (C=N–C) groups is 1. The number of fused-ring (bicyclic) bond motifs is 3. The van der Waals surface area contributed by atoms with Crippen LogP contribution in [0.4, 0.5) is 0 Å². The Kier molecular flexibility index (Phi) is 4.46. The number of nitrogens with one attached hydrogen (secondary N) is 1. The topological polar surface area (TPSA) is 62.0 Å². The first-order chi connectivity index (χ1) is 13.4. The number of carbonyl (C=O) groups excluding carboxylic acids is 1. The van der Waals surface area contributed by atoms with Crippen LogP contribution in [0.3, 0.4) is 0 Å². The molecule has 4 rings (SSSR count). The maximum absolute atomic E-state index is 12.9. The fraction of sp³-hybridized carbons (Fsp3) is 0.304. The molecule has 5 heteroatoms. The number of aromatic nitrogens is 3. The smallest absolute Gasteiger partial charge is 0.299 e. The second kappa shape index (κ2) is 6.82. The Morgan fingerprint density at radius 3 is 2.46 bits per heavy atom. The third kappa shape index (κ3) is 3.17. The Morgan fingerprint density at radius 1 is 1.07 bits per heavy atom. The van der Waals surface area contributed by atoms with Gasteiger partial charge in [0.05, 0.1) is 5.71 Å². The highest BCUT2D eigenvalue weighted by atomic mass is 16.1. The van der Waals surface area contributed by atoms with Gasteiger partial charge in [-0.3, -0.25) is 9.79 Å². The lowest BCUT2D eigenvalue weighted by molar-refractivity contribution is -0.612. The number of hydrogen-bond acceptors (Lipinski definition) is 3. The standard InChI is InChI=1S/C23H24N4O/c1-15-25-26-22-18(14-20(28)23(2,3)4)24-21(16-10-6-5-7-11-16)17-12-8-9-13-19(17)27(15)22/h5-13,18H,14H2,1-4H3/p+1/t18-/m0/s1. The Hall–Kier alpha value is -3.08. The van der Waals surface area contributed by atoms with E-state index in [-0.39, 0.29) is 11.8 Å². The van der Waals surface area contributed by atoms with Crippen molar-refractivity contribution in [2.24, 2.45) is 10.4 Å². The molecule has 28 heavy (non-hydrogen) atoms. The van der Waals surface area contributed by atoms with E-state index in [0.717, 1.165) is 34.2 Å². The van der Waals surface area contributed by atoms with Crippen LogP contribution >= 0.6 is 0 Å². The van der Waals surface area contributed by atoms with Crippen LogP contribution in [0.1, 0.15) is 56.0 Å². The number of Topliss-reactive ketones (excluding diaryl/α,β-unsaturated/α-hetero) is 1. The Bertz CT molecular complexity index is 1060. The first-order valence-electron chi connectivity index (χ1n) is 9.59. The molecular formula is C23H25N4O+. The van der Waals surface area contributed by atoms with E-state index < -0.39 is 5.41 Å². The summed E-state index contributed by atoms with van der Waals surface area (Å²) in [5.41, 5.74) is 3.58. The van der Waals surface area contributed by atoms with Crippen molar-refractivity contribution < 1.29 is 9.36 Å². The van der Waals surface area contributed by atoms with Crippen molar-refractivity contribution in [2.75, 3.05) is 0 Å². The summed E-state index contributed by atoms with van der Waals surface area (Å²) in [6.07, 6.45) is 0.318. The molecule has 142 valence electrons. The van der Waals surface area contributed by atoms with Crippen LogP contribution in [0.25, 0.3) is 5.69 Å². The highest BCUT2D eigenvalue weighted by molar-refractivity contribution is 6.14. The molecular weight excluding hydrogens is 348 g/mol. The highest BCUT2D eigenvalue weighted by Gasteiger charge is 2.36. The van der Waals surface area contributed by atoms with Gasteiger partial charge in [-0.05, 0) is 12.1 Å². The molecule has 5 nitrogen and oxygen atoms in total. The molecule has 1 aliphatic heterocycles. The molecule has 0 saturated carbocycles. The molecule has 0 radical (unpaired) electrons. The number of para-hydroxylation sites is 1. The largest absolute Gasteiger partial charge is 0.307 e. The molecule has 0 amide bonds. The number of nitrogens with zero attached hydrogens (tertiary/aromatic N) is 3. The number of aryl methyl sites for hydroxylation is 1. The Morgan fingerprint density at radius 2 is 1.75 bits per heavy atom. The lowest BCUT2D eigenvalue weighted by Crippen LogP contribution is -2.38. The summed E-state index contributed by atoms with van der Waals surface area (Å²) in [5.74, 6) is 1.86. The zero-order valence-electron chi connectivity index (χ0n) is 16.7. The fourth-order valence-electron chi connectivity index (χ4n) is 3.53. The van der Waals surface area contributed by atoms with E-state index in [1.807, 2.05) is 58.0 Å². The molecule has 0 aliphatic carbocycles. The van der Waals surface area contributed by atoms with Gasteiger partial charge >= 0.3 is 5.82 Å². The Labute approximate surface area is 165 Å². The van der Waals surface area contributed by atoms with Crippen molar-refractivity contribution in [3.8, 4) is 5.69 Å². The van der Waals surface area contributed by atoms with Gasteiger partial charge in [0.2, 0.25) is 5.82 Å². The van der Waals surface area contributed by atoms with Gasteiger partial charge in [-0.25, -0.2) is 0 Å². The number of carbonyl (C=O) groups is 1. The summed E-state index contributed by atoms with van der Waals surface area (Å²) in [4.78, 5) is 17.9. The van der Waals surface area contributed by atoms with Crippen molar-refractivity contribution in [3.05, 3.63) is 77.4 Å². The van der Waals surface area contributed by atoms with Crippen LogP contribution in [0.2, 0.25) is 0 Å². The summed E-state index contributed by atoms with van der Waals surface area (Å²) < 4.78 is 2.09. The summed E-state index contributed by atoms with van der Waals surface area (Å²) in [7, 11) is 0. The molecule has 0 spiro atoms. The summed E-state index contributed by atoms with van der Waals surface area (Å²) in [6.45, 7) is 7.84. The number of hydrogen-bond donors (Lipinski definition) is 1. The molecule has 0 fully saturated rings. The number of rotatable bonds is 3. The van der Waals surface area contributed by atoms with Crippen molar-refractivity contribution in [1.29, 1.82) is 0 Å². The molecule has 0 unspecified atom stereocenters. The monoisotopic (exact) mass is 373 g/mol. The molecule has 1 aliphatic rings. The van der Waals surface area contributed by atoms with E-state index in [1.165, 1.54) is 0 Å². The van der Waals surface area contributed by atoms with E-state index >= 15 is 0 Å². The minimum atomic E-state index is -0.419. The molecule has 0 bridgehead atoms. The number of benzene rings is 2. The van der Waals surface area contributed by atoms with Crippen molar-refractivity contribution in [3.63, 3.8) is 0 Å². The van der Waals surface area contributed by atoms with Crippen LogP contribution in [-0.2, 0) is 4.79 Å². The average Bonchev–Trinajstić information content (AvgIpc) is 2.99. The average molecular weight is 373 g/mol. The summed E-state index contributed by atoms with van der Waals surface area (Å²) in [5, 5.41) is 7.62. The Balaban J connectivity index is 1.94. The lowest BCUT2D eigenvalue weighted by atomic mass is 9.87. The van der Waals surface area contributed by atoms with Crippen LogP contribution in [0, 0.1) is 12.3 Å². The second-order valence-electron chi connectivity index (χ2n) is 8.26. The molecule has 1 atom stereocenters. The first-order valence-corrected chi connectivity index (χ1v) is 9.59. The van der Waals surface area contributed by atoms with Gasteiger partial charge in [0.1, 0.15) is 11.5 Å². The van der Waals surface area contributed by atoms with Crippen molar-refractivity contribution >= 4 is 11.5 Å². The van der Waals surface area contributed by atoms with Gasteiger partial charge in [0, 0.05) is 35.0 Å². The molecule has 3 aromatic rings. The summed E-state index contributed by atoms with van der Waals surface area (Å²) >= 11 is 0. The van der Waals surface area contributed by atoms with Gasteiger partial charge in [-0.15, -0.1) is 5.10 Å². The van der Waals surface area contributed by atoms with E-state index in [4.69, 9.17) is 4.99 Å². The quantitative estimate of drug-likeness (QED) is 0.708. The normalized spacial score (nSPS) is 16.0. The number of H-pyrrole nitrogens is 1. The first kappa shape index (κ1) is 18.3. The molecule has 1 N–H and O–H groups in total. The number of aromatic amines is 1. The van der Waals surface area contributed by atoms with Gasteiger partial charge in [-0.1, -0.05) is 63.2 Å². The van der Waals surface area contributed by atoms with Crippen LogP contribution < -0.4 is 4.57 Å². The van der Waals surface area contributed by atoms with Gasteiger partial charge in [0.25, 0.3) is 0 Å². The minimum Gasteiger partial charge on any atom is -0.299 e. The second-order valence-corrected chi connectivity index (χ2v) is 8.26. The summed E-state index contributed by atoms with van der Waals surface area (Å²) in [6, 6.07) is 18.0. The maximum atomic E-state index is 12.9. The zero-order valence-corrected chi connectivity index (χ0v) is 16.7. The third-order valence-electron chi connectivity index (χ3n) is 5.14. The molecule has 1 aromatic heterocycles. The number of ketones is 1. The van der Waals surface area contributed by atoms with E-state index in [0.29, 0.717) is 6.42 Å². The van der Waals surface area contributed by atoms with Gasteiger partial charge in [-0.2, -0.15) is 4.57 Å². The van der Waals surface area contributed by atoms with Crippen molar-refractivity contribution in [1.82, 2.24) is 10.2 Å². The minimum absolute atomic E-state index is 0.173. The van der Waals surface area contributed by atoms with E-state index in [9.17, 15) is 4.79 Å². The van der Waals surface area contributed by atoms with Gasteiger partial charge in [0.15, 0.2) is 6.04 Å². The highest BCUT2D eigenvalue weighted by Crippen LogP contribution is 2.30. The lowest BCUT2D eigenvalue weighted by Gasteiger charge is -2.18. The predicted molar refractivity (Wildman–Crippen MR) is 109 cm³/mol. The predicted octanol–water partition coefficient (Wildman–Crippen LogP) is 3.89. The molecule has 0 saturated heterocycles. The third-order valence-corrected chi connectivity index (χ3v) is 5.14. The van der Waals surface area contributed by atoms with Gasteiger partial charge < -0.3 is 0 Å². The van der Waals surface area contributed by atoms with Crippen LogP contribution in [0.15, 0.2) is 59.6 Å². The van der Waals surface area contributed by atoms with E-state index in [2.05, 4.69) is 39.0 Å². The molecule has 2 heterocycles. The maximum Gasteiger partial charge on any atom is 0.307 e.